The van der Waals surface area contributed by atoms with Crippen LogP contribution in [0.1, 0.15) is 26.3 Å². The van der Waals surface area contributed by atoms with Gasteiger partial charge < -0.3 is 11.1 Å². The SMILES string of the molecule is Nc1ccc(C(=O)N/N=C/c2cccc(NC(=O)c3ccc(Cl)cc3)c2)cc1. The van der Waals surface area contributed by atoms with E-state index in [0.29, 0.717) is 33.1 Å². The Morgan fingerprint density at radius 1 is 0.893 bits per heavy atom. The minimum absolute atomic E-state index is 0.248. The van der Waals surface area contributed by atoms with Crippen LogP contribution in [0.4, 0.5) is 11.4 Å². The first-order chi connectivity index (χ1) is 13.5. The minimum atomic E-state index is -0.344. The van der Waals surface area contributed by atoms with Crippen LogP contribution in [0, 0.1) is 0 Å². The lowest BCUT2D eigenvalue weighted by molar-refractivity contribution is 0.0954. The molecule has 140 valence electrons. The summed E-state index contributed by atoms with van der Waals surface area (Å²) < 4.78 is 0. The van der Waals surface area contributed by atoms with Gasteiger partial charge in [-0.2, -0.15) is 5.10 Å². The molecule has 0 aliphatic rings. The first-order valence-electron chi connectivity index (χ1n) is 8.37. The third-order valence-electron chi connectivity index (χ3n) is 3.80. The molecular formula is C21H17ClN4O2. The van der Waals surface area contributed by atoms with Gasteiger partial charge in [-0.15, -0.1) is 0 Å². The molecule has 0 spiro atoms. The van der Waals surface area contributed by atoms with Gasteiger partial charge in [0.05, 0.1) is 6.21 Å². The Bertz CT molecular complexity index is 1020. The van der Waals surface area contributed by atoms with Crippen molar-refractivity contribution in [3.63, 3.8) is 0 Å². The fraction of sp³-hybridized carbons (Fsp3) is 0. The number of hydrogen-bond acceptors (Lipinski definition) is 4. The number of nitrogens with one attached hydrogen (secondary N) is 2. The van der Waals surface area contributed by atoms with E-state index in [1.165, 1.54) is 6.21 Å². The van der Waals surface area contributed by atoms with Gasteiger partial charge in [-0.25, -0.2) is 5.43 Å². The molecule has 0 radical (unpaired) electrons. The molecule has 3 aromatic rings. The number of benzene rings is 3. The van der Waals surface area contributed by atoms with Crippen LogP contribution in [-0.2, 0) is 0 Å². The topological polar surface area (TPSA) is 96.6 Å². The normalized spacial score (nSPS) is 10.6. The Labute approximate surface area is 167 Å². The highest BCUT2D eigenvalue weighted by Gasteiger charge is 2.06. The Morgan fingerprint density at radius 2 is 1.54 bits per heavy atom. The monoisotopic (exact) mass is 392 g/mol. The number of anilines is 2. The van der Waals surface area contributed by atoms with Crippen molar-refractivity contribution >= 4 is 41.0 Å². The zero-order chi connectivity index (χ0) is 19.9. The molecule has 2 amide bonds. The summed E-state index contributed by atoms with van der Waals surface area (Å²) in [5.74, 6) is -0.592. The van der Waals surface area contributed by atoms with Crippen molar-refractivity contribution in [2.24, 2.45) is 5.10 Å². The number of hydrazone groups is 1. The third kappa shape index (κ3) is 5.18. The number of hydrogen-bond donors (Lipinski definition) is 3. The highest BCUT2D eigenvalue weighted by Crippen LogP contribution is 2.14. The van der Waals surface area contributed by atoms with E-state index < -0.39 is 0 Å². The molecule has 3 aromatic carbocycles. The number of nitrogens with two attached hydrogens (primary N) is 1. The molecule has 0 saturated heterocycles. The number of nitrogen functional groups attached to an aromatic ring is 1. The maximum absolute atomic E-state index is 12.3. The summed E-state index contributed by atoms with van der Waals surface area (Å²) in [6.07, 6.45) is 1.49. The largest absolute Gasteiger partial charge is 0.399 e. The van der Waals surface area contributed by atoms with Gasteiger partial charge in [0.2, 0.25) is 0 Å². The Kier molecular flexibility index (Phi) is 6.04. The van der Waals surface area contributed by atoms with Crippen molar-refractivity contribution in [1.29, 1.82) is 0 Å². The molecule has 3 rings (SSSR count). The van der Waals surface area contributed by atoms with Crippen LogP contribution >= 0.6 is 11.6 Å². The summed E-state index contributed by atoms with van der Waals surface area (Å²) in [6.45, 7) is 0. The Balaban J connectivity index is 1.61. The van der Waals surface area contributed by atoms with Crippen molar-refractivity contribution in [3.05, 3.63) is 94.5 Å². The predicted molar refractivity (Wildman–Crippen MR) is 112 cm³/mol. The van der Waals surface area contributed by atoms with Crippen molar-refractivity contribution in [1.82, 2.24) is 5.43 Å². The zero-order valence-corrected chi connectivity index (χ0v) is 15.5. The highest BCUT2D eigenvalue weighted by molar-refractivity contribution is 6.30. The average molecular weight is 393 g/mol. The lowest BCUT2D eigenvalue weighted by Crippen LogP contribution is -2.17. The first-order valence-corrected chi connectivity index (χ1v) is 8.75. The van der Waals surface area contributed by atoms with Gasteiger partial charge in [-0.3, -0.25) is 9.59 Å². The number of rotatable bonds is 5. The van der Waals surface area contributed by atoms with Crippen LogP contribution in [0.5, 0.6) is 0 Å². The van der Waals surface area contributed by atoms with Gasteiger partial charge in [0, 0.05) is 27.5 Å². The van der Waals surface area contributed by atoms with E-state index >= 15 is 0 Å². The van der Waals surface area contributed by atoms with Crippen LogP contribution in [0.3, 0.4) is 0 Å². The van der Waals surface area contributed by atoms with E-state index in [4.69, 9.17) is 17.3 Å². The summed E-state index contributed by atoms with van der Waals surface area (Å²) in [6, 6.07) is 20.2. The molecule has 0 aliphatic carbocycles. The maximum Gasteiger partial charge on any atom is 0.271 e. The Morgan fingerprint density at radius 3 is 2.25 bits per heavy atom. The smallest absolute Gasteiger partial charge is 0.271 e. The molecule has 7 heteroatoms. The van der Waals surface area contributed by atoms with Gasteiger partial charge in [0.15, 0.2) is 0 Å². The average Bonchev–Trinajstić information content (AvgIpc) is 2.69. The molecule has 0 heterocycles. The second kappa shape index (κ2) is 8.83. The molecule has 0 aromatic heterocycles. The predicted octanol–water partition coefficient (Wildman–Crippen LogP) is 3.94. The van der Waals surface area contributed by atoms with Gasteiger partial charge in [-0.05, 0) is 66.2 Å². The van der Waals surface area contributed by atoms with E-state index in [9.17, 15) is 9.59 Å². The first kappa shape index (κ1) is 19.1. The second-order valence-electron chi connectivity index (χ2n) is 5.91. The lowest BCUT2D eigenvalue weighted by atomic mass is 10.2. The van der Waals surface area contributed by atoms with Crippen molar-refractivity contribution < 1.29 is 9.59 Å². The molecule has 6 nitrogen and oxygen atoms in total. The molecule has 0 bridgehead atoms. The van der Waals surface area contributed by atoms with Crippen LogP contribution in [0.2, 0.25) is 5.02 Å². The quantitative estimate of drug-likeness (QED) is 0.348. The summed E-state index contributed by atoms with van der Waals surface area (Å²) in [5.41, 5.74) is 10.9. The number of nitrogens with zero attached hydrogens (tertiary/aromatic N) is 1. The molecule has 0 unspecified atom stereocenters. The molecule has 28 heavy (non-hydrogen) atoms. The van der Waals surface area contributed by atoms with Gasteiger partial charge in [0.1, 0.15) is 0 Å². The lowest BCUT2D eigenvalue weighted by Gasteiger charge is -2.06. The van der Waals surface area contributed by atoms with E-state index in [-0.39, 0.29) is 11.8 Å². The number of carbonyl (C=O) groups is 2. The molecule has 0 fully saturated rings. The Hall–Kier alpha value is -3.64. The summed E-state index contributed by atoms with van der Waals surface area (Å²) in [7, 11) is 0. The summed E-state index contributed by atoms with van der Waals surface area (Å²) in [5, 5.41) is 7.32. The van der Waals surface area contributed by atoms with Gasteiger partial charge in [-0.1, -0.05) is 23.7 Å². The molecule has 0 aliphatic heterocycles. The second-order valence-corrected chi connectivity index (χ2v) is 6.34. The van der Waals surface area contributed by atoms with Crippen molar-refractivity contribution in [3.8, 4) is 0 Å². The maximum atomic E-state index is 12.3. The van der Waals surface area contributed by atoms with Gasteiger partial charge >= 0.3 is 0 Å². The van der Waals surface area contributed by atoms with Crippen molar-refractivity contribution in [2.75, 3.05) is 11.1 Å². The standard InChI is InChI=1S/C21H17ClN4O2/c22-17-8-4-15(5-9-17)20(27)25-19-3-1-2-14(12-19)13-24-26-21(28)16-6-10-18(23)11-7-16/h1-13H,23H2,(H,25,27)(H,26,28)/b24-13+. The van der Waals surface area contributed by atoms with Crippen LogP contribution < -0.4 is 16.5 Å². The molecule has 4 N–H and O–H groups in total. The molecule has 0 saturated carbocycles. The fourth-order valence-corrected chi connectivity index (χ4v) is 2.49. The number of halogens is 1. The zero-order valence-electron chi connectivity index (χ0n) is 14.7. The molecular weight excluding hydrogens is 376 g/mol. The number of carbonyl (C=O) groups excluding carboxylic acids is 2. The van der Waals surface area contributed by atoms with Crippen molar-refractivity contribution in [2.45, 2.75) is 0 Å². The van der Waals surface area contributed by atoms with Crippen LogP contribution in [-0.4, -0.2) is 18.0 Å². The van der Waals surface area contributed by atoms with Crippen LogP contribution in [0.25, 0.3) is 0 Å². The minimum Gasteiger partial charge on any atom is -0.399 e. The fourth-order valence-electron chi connectivity index (χ4n) is 2.37. The number of amides is 2. The summed E-state index contributed by atoms with van der Waals surface area (Å²) >= 11 is 5.83. The van der Waals surface area contributed by atoms with Gasteiger partial charge in [0.25, 0.3) is 11.8 Å². The van der Waals surface area contributed by atoms with Crippen LogP contribution in [0.15, 0.2) is 77.9 Å². The van der Waals surface area contributed by atoms with E-state index in [2.05, 4.69) is 15.8 Å². The highest BCUT2D eigenvalue weighted by atomic mass is 35.5. The third-order valence-corrected chi connectivity index (χ3v) is 4.06. The van der Waals surface area contributed by atoms with E-state index in [0.717, 1.165) is 0 Å². The summed E-state index contributed by atoms with van der Waals surface area (Å²) in [4.78, 5) is 24.3. The van der Waals surface area contributed by atoms with E-state index in [1.54, 1.807) is 72.8 Å². The molecule has 0 atom stereocenters. The van der Waals surface area contributed by atoms with E-state index in [1.807, 2.05) is 0 Å².